The van der Waals surface area contributed by atoms with Gasteiger partial charge < -0.3 is 28.7 Å². The van der Waals surface area contributed by atoms with Gasteiger partial charge in [0, 0.05) is 0 Å². The summed E-state index contributed by atoms with van der Waals surface area (Å²) < 4.78 is 26.9. The monoisotopic (exact) mass is 413 g/mol. The van der Waals surface area contributed by atoms with Crippen LogP contribution in [0.2, 0.25) is 5.22 Å². The normalized spacial score (nSPS) is 31.0. The van der Waals surface area contributed by atoms with Crippen LogP contribution in [0.5, 0.6) is 0 Å². The number of carbonyl (C=O) groups excluding carboxylic acids is 3. The third kappa shape index (κ3) is 3.78. The predicted octanol–water partition coefficient (Wildman–Crippen LogP) is 1.94. The maximum absolute atomic E-state index is 13.0. The highest BCUT2D eigenvalue weighted by Gasteiger charge is 2.60. The van der Waals surface area contributed by atoms with Crippen molar-refractivity contribution >= 4 is 29.4 Å². The molecule has 1 aromatic rings. The molecule has 5 atom stereocenters. The molecule has 2 fully saturated rings. The second-order valence-electron chi connectivity index (χ2n) is 6.82. The van der Waals surface area contributed by atoms with Gasteiger partial charge in [0.2, 0.25) is 5.91 Å². The van der Waals surface area contributed by atoms with Crippen LogP contribution in [-0.4, -0.2) is 55.1 Å². The van der Waals surface area contributed by atoms with E-state index in [4.69, 9.17) is 30.2 Å². The van der Waals surface area contributed by atoms with Crippen LogP contribution in [0.1, 0.15) is 25.5 Å². The Morgan fingerprint density at radius 2 is 1.96 bits per heavy atom. The Morgan fingerprint density at radius 3 is 2.54 bits per heavy atom. The minimum absolute atomic E-state index is 0.0927. The van der Waals surface area contributed by atoms with Gasteiger partial charge in [-0.05, 0) is 43.7 Å². The first-order valence-corrected chi connectivity index (χ1v) is 8.87. The van der Waals surface area contributed by atoms with Crippen molar-refractivity contribution in [2.24, 2.45) is 0 Å². The molecule has 1 aliphatic heterocycles. The SMILES string of the molecule is C=CC(=O)N[C@H]1[C@H](OC(=O)OC)[C@@H]2OC(C)(C)O[C@@H](C2=O)[C@@H]1c1ccc(Cl)o1. The number of furan rings is 1. The number of amides is 1. The number of halogens is 1. The number of hydrogen-bond acceptors (Lipinski definition) is 8. The maximum Gasteiger partial charge on any atom is 0.508 e. The van der Waals surface area contributed by atoms with Gasteiger partial charge in [0.1, 0.15) is 11.9 Å². The predicted molar refractivity (Wildman–Crippen MR) is 94.7 cm³/mol. The Kier molecular flexibility index (Phi) is 5.51. The molecule has 1 N–H and O–H groups in total. The van der Waals surface area contributed by atoms with Crippen molar-refractivity contribution in [3.63, 3.8) is 0 Å². The lowest BCUT2D eigenvalue weighted by atomic mass is 9.75. The minimum atomic E-state index is -1.20. The number of Topliss-reactive ketones (excluding diaryl/α,β-unsaturated/α-hetero) is 1. The molecule has 3 rings (SSSR count). The molecule has 1 aliphatic carbocycles. The van der Waals surface area contributed by atoms with Crippen LogP contribution in [0.15, 0.2) is 29.2 Å². The Hall–Kier alpha value is -2.36. The quantitative estimate of drug-likeness (QED) is 0.588. The van der Waals surface area contributed by atoms with Crippen molar-refractivity contribution in [2.45, 2.75) is 49.9 Å². The molecule has 1 saturated heterocycles. The summed E-state index contributed by atoms with van der Waals surface area (Å²) in [6, 6.07) is 2.13. The summed E-state index contributed by atoms with van der Waals surface area (Å²) >= 11 is 5.90. The first-order chi connectivity index (χ1) is 13.2. The summed E-state index contributed by atoms with van der Waals surface area (Å²) in [5.74, 6) is -2.69. The molecule has 2 bridgehead atoms. The lowest BCUT2D eigenvalue weighted by Crippen LogP contribution is -2.70. The molecule has 0 radical (unpaired) electrons. The van der Waals surface area contributed by atoms with E-state index < -0.39 is 53.9 Å². The van der Waals surface area contributed by atoms with Gasteiger partial charge >= 0.3 is 6.16 Å². The van der Waals surface area contributed by atoms with Crippen molar-refractivity contribution < 1.29 is 37.7 Å². The van der Waals surface area contributed by atoms with E-state index in [1.807, 2.05) is 0 Å². The van der Waals surface area contributed by atoms with Crippen molar-refractivity contribution in [3.05, 3.63) is 35.8 Å². The summed E-state index contributed by atoms with van der Waals surface area (Å²) in [6.07, 6.45) is -3.37. The van der Waals surface area contributed by atoms with E-state index in [-0.39, 0.29) is 11.0 Å². The summed E-state index contributed by atoms with van der Waals surface area (Å²) in [6.45, 7) is 6.68. The molecule has 10 heteroatoms. The van der Waals surface area contributed by atoms with Crippen LogP contribution in [0.4, 0.5) is 4.79 Å². The fraction of sp³-hybridized carbons (Fsp3) is 0.500. The molecule has 2 aliphatic rings. The topological polar surface area (TPSA) is 113 Å². The molecule has 0 aromatic carbocycles. The highest BCUT2D eigenvalue weighted by atomic mass is 35.5. The number of rotatable bonds is 4. The van der Waals surface area contributed by atoms with Gasteiger partial charge in [0.05, 0.1) is 19.1 Å². The number of ether oxygens (including phenoxy) is 4. The molecule has 1 aromatic heterocycles. The highest BCUT2D eigenvalue weighted by molar-refractivity contribution is 6.28. The van der Waals surface area contributed by atoms with Gasteiger partial charge in [-0.15, -0.1) is 0 Å². The van der Waals surface area contributed by atoms with E-state index in [0.717, 1.165) is 13.2 Å². The Bertz CT molecular complexity index is 803. The van der Waals surface area contributed by atoms with E-state index >= 15 is 0 Å². The van der Waals surface area contributed by atoms with Gasteiger partial charge in [-0.2, -0.15) is 0 Å². The number of nitrogens with one attached hydrogen (secondary N) is 1. The van der Waals surface area contributed by atoms with Crippen LogP contribution in [-0.2, 0) is 28.5 Å². The number of hydrogen-bond donors (Lipinski definition) is 1. The zero-order valence-electron chi connectivity index (χ0n) is 15.5. The van der Waals surface area contributed by atoms with Crippen LogP contribution in [0.25, 0.3) is 0 Å². The molecule has 152 valence electrons. The summed E-state index contributed by atoms with van der Waals surface area (Å²) in [4.78, 5) is 36.9. The Balaban J connectivity index is 2.10. The average molecular weight is 414 g/mol. The highest BCUT2D eigenvalue weighted by Crippen LogP contribution is 2.43. The van der Waals surface area contributed by atoms with E-state index in [1.54, 1.807) is 19.9 Å². The van der Waals surface area contributed by atoms with Crippen molar-refractivity contribution in [3.8, 4) is 0 Å². The Labute approximate surface area is 165 Å². The van der Waals surface area contributed by atoms with E-state index in [2.05, 4.69) is 16.6 Å². The van der Waals surface area contributed by atoms with Crippen LogP contribution >= 0.6 is 11.6 Å². The number of fused-ring (bicyclic) bond motifs is 2. The molecule has 1 saturated carbocycles. The van der Waals surface area contributed by atoms with Crippen molar-refractivity contribution in [1.29, 1.82) is 0 Å². The second-order valence-corrected chi connectivity index (χ2v) is 7.19. The Morgan fingerprint density at radius 1 is 1.29 bits per heavy atom. The average Bonchev–Trinajstić information content (AvgIpc) is 3.06. The minimum Gasteiger partial charge on any atom is -0.449 e. The fourth-order valence-electron chi connectivity index (χ4n) is 3.50. The standard InChI is InChI=1S/C18H20ClNO8/c1-5-10(21)20-12-11(8-6-7-9(19)25-8)14-13(22)16(28-18(2,3)27-14)15(12)26-17(23)24-4/h5-7,11-12,14-16H,1H2,2-4H3,(H,20,21)/t11-,12-,14-,15+,16-/m1/s1. The van der Waals surface area contributed by atoms with Crippen LogP contribution in [0.3, 0.4) is 0 Å². The third-order valence-corrected chi connectivity index (χ3v) is 4.77. The van der Waals surface area contributed by atoms with Crippen molar-refractivity contribution in [1.82, 2.24) is 5.32 Å². The van der Waals surface area contributed by atoms with E-state index in [0.29, 0.717) is 0 Å². The number of carbonyl (C=O) groups is 3. The van der Waals surface area contributed by atoms with Gasteiger partial charge in [-0.25, -0.2) is 4.79 Å². The molecular weight excluding hydrogens is 394 g/mol. The summed E-state index contributed by atoms with van der Waals surface area (Å²) in [7, 11) is 1.13. The number of methoxy groups -OCH3 is 1. The van der Waals surface area contributed by atoms with E-state index in [9.17, 15) is 14.4 Å². The molecule has 0 unspecified atom stereocenters. The molecular formula is C18H20ClNO8. The first kappa shape index (κ1) is 20.4. The third-order valence-electron chi connectivity index (χ3n) is 4.56. The zero-order chi connectivity index (χ0) is 20.6. The zero-order valence-corrected chi connectivity index (χ0v) is 16.2. The van der Waals surface area contributed by atoms with Gasteiger partial charge in [0.25, 0.3) is 0 Å². The molecule has 1 amide bonds. The smallest absolute Gasteiger partial charge is 0.449 e. The maximum atomic E-state index is 13.0. The van der Waals surface area contributed by atoms with Crippen molar-refractivity contribution in [2.75, 3.05) is 7.11 Å². The van der Waals surface area contributed by atoms with Gasteiger partial charge in [-0.3, -0.25) is 9.59 Å². The fourth-order valence-corrected chi connectivity index (χ4v) is 3.65. The lowest BCUT2D eigenvalue weighted by molar-refractivity contribution is -0.309. The van der Waals surface area contributed by atoms with Gasteiger partial charge in [-0.1, -0.05) is 6.58 Å². The lowest BCUT2D eigenvalue weighted by Gasteiger charge is -2.51. The molecule has 2 heterocycles. The largest absolute Gasteiger partial charge is 0.508 e. The molecule has 9 nitrogen and oxygen atoms in total. The van der Waals surface area contributed by atoms with Crippen LogP contribution in [0, 0.1) is 0 Å². The number of ketones is 1. The molecule has 28 heavy (non-hydrogen) atoms. The van der Waals surface area contributed by atoms with Crippen LogP contribution < -0.4 is 5.32 Å². The first-order valence-electron chi connectivity index (χ1n) is 8.49. The second kappa shape index (κ2) is 7.57. The summed E-state index contributed by atoms with van der Waals surface area (Å²) in [5, 5.41) is 2.77. The van der Waals surface area contributed by atoms with E-state index in [1.165, 1.54) is 6.07 Å². The molecule has 0 spiro atoms. The summed E-state index contributed by atoms with van der Waals surface area (Å²) in [5.41, 5.74) is 0. The van der Waals surface area contributed by atoms with Gasteiger partial charge in [0.15, 0.2) is 29.0 Å².